The second-order valence-corrected chi connectivity index (χ2v) is 4.95. The van der Waals surface area contributed by atoms with Gasteiger partial charge in [0.15, 0.2) is 0 Å². The van der Waals surface area contributed by atoms with Crippen molar-refractivity contribution in [3.05, 3.63) is 39.8 Å². The minimum Gasteiger partial charge on any atom is -0.398 e. The van der Waals surface area contributed by atoms with Gasteiger partial charge in [-0.15, -0.1) is 11.3 Å². The second-order valence-electron chi connectivity index (χ2n) is 3.72. The molecular weight excluding hydrogens is 234 g/mol. The van der Waals surface area contributed by atoms with E-state index in [4.69, 9.17) is 5.73 Å². The minimum absolute atomic E-state index is 0.149. The topological polar surface area (TPSA) is 68.0 Å². The average molecular weight is 247 g/mol. The van der Waals surface area contributed by atoms with Gasteiger partial charge in [0.1, 0.15) is 4.88 Å². The number of hydrogen-bond donors (Lipinski definition) is 2. The predicted octanol–water partition coefficient (Wildman–Crippen LogP) is 2.59. The van der Waals surface area contributed by atoms with Crippen LogP contribution in [-0.4, -0.2) is 10.9 Å². The quantitative estimate of drug-likeness (QED) is 0.801. The van der Waals surface area contributed by atoms with Crippen LogP contribution < -0.4 is 11.1 Å². The molecule has 0 radical (unpaired) electrons. The first-order valence-corrected chi connectivity index (χ1v) is 5.98. The van der Waals surface area contributed by atoms with Gasteiger partial charge in [-0.1, -0.05) is 6.07 Å². The molecule has 2 aromatic rings. The van der Waals surface area contributed by atoms with Gasteiger partial charge in [0, 0.05) is 11.4 Å². The molecule has 0 aliphatic rings. The van der Waals surface area contributed by atoms with Gasteiger partial charge in [-0.3, -0.25) is 4.79 Å². The van der Waals surface area contributed by atoms with Crippen LogP contribution in [0.5, 0.6) is 0 Å². The third-order valence-electron chi connectivity index (χ3n) is 2.47. The largest absolute Gasteiger partial charge is 0.398 e. The number of anilines is 2. The van der Waals surface area contributed by atoms with Gasteiger partial charge in [0.2, 0.25) is 0 Å². The molecule has 0 atom stereocenters. The van der Waals surface area contributed by atoms with Crippen LogP contribution in [0, 0.1) is 13.8 Å². The maximum absolute atomic E-state index is 11.9. The average Bonchev–Trinajstić information content (AvgIpc) is 2.72. The Labute approximate surface area is 103 Å². The van der Waals surface area contributed by atoms with E-state index in [2.05, 4.69) is 10.3 Å². The number of carbonyl (C=O) groups is 1. The number of nitrogen functional groups attached to an aromatic ring is 1. The molecule has 17 heavy (non-hydrogen) atoms. The molecule has 0 bridgehead atoms. The number of nitrogens with one attached hydrogen (secondary N) is 1. The third-order valence-corrected chi connectivity index (χ3v) is 3.38. The normalized spacial score (nSPS) is 10.2. The SMILES string of the molecule is Cc1ncc(C(=O)Nc2cccc(N)c2C)s1. The van der Waals surface area contributed by atoms with Crippen LogP contribution in [-0.2, 0) is 0 Å². The van der Waals surface area contributed by atoms with Crippen molar-refractivity contribution < 1.29 is 4.79 Å². The van der Waals surface area contributed by atoms with Gasteiger partial charge >= 0.3 is 0 Å². The summed E-state index contributed by atoms with van der Waals surface area (Å²) in [5, 5.41) is 3.71. The molecule has 88 valence electrons. The second kappa shape index (κ2) is 4.55. The Bertz CT molecular complexity index is 563. The van der Waals surface area contributed by atoms with Crippen molar-refractivity contribution >= 4 is 28.6 Å². The van der Waals surface area contributed by atoms with E-state index >= 15 is 0 Å². The highest BCUT2D eigenvalue weighted by Gasteiger charge is 2.11. The number of aryl methyl sites for hydroxylation is 1. The molecular formula is C12H13N3OS. The summed E-state index contributed by atoms with van der Waals surface area (Å²) in [6, 6.07) is 5.45. The molecule has 0 saturated carbocycles. The number of rotatable bonds is 2. The van der Waals surface area contributed by atoms with Crippen molar-refractivity contribution in [2.24, 2.45) is 0 Å². The monoisotopic (exact) mass is 247 g/mol. The number of nitrogens with zero attached hydrogens (tertiary/aromatic N) is 1. The summed E-state index contributed by atoms with van der Waals surface area (Å²) in [5.74, 6) is -0.149. The van der Waals surface area contributed by atoms with Crippen LogP contribution in [0.3, 0.4) is 0 Å². The zero-order valence-electron chi connectivity index (χ0n) is 9.65. The van der Waals surface area contributed by atoms with Crippen LogP contribution in [0.4, 0.5) is 11.4 Å². The van der Waals surface area contributed by atoms with Crippen molar-refractivity contribution in [2.45, 2.75) is 13.8 Å². The van der Waals surface area contributed by atoms with Crippen LogP contribution >= 0.6 is 11.3 Å². The fraction of sp³-hybridized carbons (Fsp3) is 0.167. The minimum atomic E-state index is -0.149. The lowest BCUT2D eigenvalue weighted by Crippen LogP contribution is -2.11. The number of benzene rings is 1. The van der Waals surface area contributed by atoms with Crippen LogP contribution in [0.25, 0.3) is 0 Å². The molecule has 5 heteroatoms. The number of carbonyl (C=O) groups excluding carboxylic acids is 1. The molecule has 0 aliphatic heterocycles. The molecule has 0 saturated heterocycles. The Hall–Kier alpha value is -1.88. The molecule has 1 amide bonds. The first kappa shape index (κ1) is 11.6. The van der Waals surface area contributed by atoms with E-state index in [9.17, 15) is 4.79 Å². The molecule has 0 aliphatic carbocycles. The van der Waals surface area contributed by atoms with E-state index in [1.165, 1.54) is 11.3 Å². The smallest absolute Gasteiger partial charge is 0.267 e. The summed E-state index contributed by atoms with van der Waals surface area (Å²) in [7, 11) is 0. The van der Waals surface area contributed by atoms with Crippen molar-refractivity contribution in [2.75, 3.05) is 11.1 Å². The molecule has 0 spiro atoms. The molecule has 1 aromatic heterocycles. The van der Waals surface area contributed by atoms with E-state index in [-0.39, 0.29) is 5.91 Å². The molecule has 1 heterocycles. The molecule has 0 unspecified atom stereocenters. The van der Waals surface area contributed by atoms with Crippen LogP contribution in [0.1, 0.15) is 20.2 Å². The summed E-state index contributed by atoms with van der Waals surface area (Å²) in [6.45, 7) is 3.75. The molecule has 4 nitrogen and oxygen atoms in total. The Balaban J connectivity index is 2.21. The Morgan fingerprint density at radius 2 is 2.18 bits per heavy atom. The first-order valence-electron chi connectivity index (χ1n) is 5.17. The van der Waals surface area contributed by atoms with Gasteiger partial charge in [-0.05, 0) is 31.5 Å². The molecule has 2 rings (SSSR count). The van der Waals surface area contributed by atoms with Gasteiger partial charge in [0.05, 0.1) is 11.2 Å². The lowest BCUT2D eigenvalue weighted by Gasteiger charge is -2.08. The highest BCUT2D eigenvalue weighted by molar-refractivity contribution is 7.13. The molecule has 3 N–H and O–H groups in total. The highest BCUT2D eigenvalue weighted by Crippen LogP contribution is 2.22. The summed E-state index contributed by atoms with van der Waals surface area (Å²) in [6.07, 6.45) is 1.58. The van der Waals surface area contributed by atoms with E-state index in [1.54, 1.807) is 6.20 Å². The summed E-state index contributed by atoms with van der Waals surface area (Å²) in [4.78, 5) is 16.6. The predicted molar refractivity (Wildman–Crippen MR) is 70.4 cm³/mol. The van der Waals surface area contributed by atoms with Gasteiger partial charge in [0.25, 0.3) is 5.91 Å². The van der Waals surface area contributed by atoms with Crippen molar-refractivity contribution in [3.8, 4) is 0 Å². The lowest BCUT2D eigenvalue weighted by atomic mass is 10.1. The number of thiazole rings is 1. The van der Waals surface area contributed by atoms with E-state index in [1.807, 2.05) is 32.0 Å². The fourth-order valence-corrected chi connectivity index (χ4v) is 2.11. The molecule has 1 aromatic carbocycles. The van der Waals surface area contributed by atoms with Gasteiger partial charge in [-0.25, -0.2) is 4.98 Å². The van der Waals surface area contributed by atoms with Crippen molar-refractivity contribution in [3.63, 3.8) is 0 Å². The number of hydrogen-bond acceptors (Lipinski definition) is 4. The summed E-state index contributed by atoms with van der Waals surface area (Å²) < 4.78 is 0. The zero-order valence-corrected chi connectivity index (χ0v) is 10.5. The van der Waals surface area contributed by atoms with Crippen molar-refractivity contribution in [1.29, 1.82) is 0 Å². The fourth-order valence-electron chi connectivity index (χ4n) is 1.44. The summed E-state index contributed by atoms with van der Waals surface area (Å²) >= 11 is 1.37. The highest BCUT2D eigenvalue weighted by atomic mass is 32.1. The van der Waals surface area contributed by atoms with E-state index < -0.39 is 0 Å². The van der Waals surface area contributed by atoms with Crippen LogP contribution in [0.15, 0.2) is 24.4 Å². The number of nitrogens with two attached hydrogens (primary N) is 1. The maximum atomic E-state index is 11.9. The Morgan fingerprint density at radius 3 is 2.82 bits per heavy atom. The third kappa shape index (κ3) is 2.45. The first-order chi connectivity index (χ1) is 8.08. The van der Waals surface area contributed by atoms with Gasteiger partial charge < -0.3 is 11.1 Å². The zero-order chi connectivity index (χ0) is 12.4. The number of amides is 1. The van der Waals surface area contributed by atoms with Crippen LogP contribution in [0.2, 0.25) is 0 Å². The summed E-state index contributed by atoms with van der Waals surface area (Å²) in [5.41, 5.74) is 8.06. The van der Waals surface area contributed by atoms with E-state index in [0.717, 1.165) is 16.3 Å². The van der Waals surface area contributed by atoms with E-state index in [0.29, 0.717) is 10.6 Å². The molecule has 0 fully saturated rings. The van der Waals surface area contributed by atoms with Gasteiger partial charge in [-0.2, -0.15) is 0 Å². The standard InChI is InChI=1S/C12H13N3OS/c1-7-9(13)4-3-5-10(7)15-12(16)11-6-14-8(2)17-11/h3-6H,13H2,1-2H3,(H,15,16). The Morgan fingerprint density at radius 1 is 1.41 bits per heavy atom. The lowest BCUT2D eigenvalue weighted by molar-refractivity contribution is 0.103. The number of aromatic nitrogens is 1. The maximum Gasteiger partial charge on any atom is 0.267 e. The van der Waals surface area contributed by atoms with Crippen molar-refractivity contribution in [1.82, 2.24) is 4.98 Å². The Kier molecular flexibility index (Phi) is 3.10.